The number of aromatic amines is 1. The van der Waals surface area contributed by atoms with Gasteiger partial charge in [0.05, 0.1) is 6.21 Å². The van der Waals surface area contributed by atoms with Crippen LogP contribution in [0.1, 0.15) is 49.2 Å². The summed E-state index contributed by atoms with van der Waals surface area (Å²) in [5.74, 6) is 1.55. The van der Waals surface area contributed by atoms with E-state index in [1.807, 2.05) is 30.3 Å². The molecule has 0 spiro atoms. The van der Waals surface area contributed by atoms with E-state index in [4.69, 9.17) is 12.2 Å². The highest BCUT2D eigenvalue weighted by atomic mass is 32.1. The molecule has 1 atom stereocenters. The van der Waals surface area contributed by atoms with Crippen LogP contribution in [0.5, 0.6) is 0 Å². The van der Waals surface area contributed by atoms with E-state index in [2.05, 4.69) is 60.3 Å². The number of hydrogen-bond donors (Lipinski definition) is 1. The molecule has 3 aromatic rings. The van der Waals surface area contributed by atoms with Crippen LogP contribution in [-0.2, 0) is 6.42 Å². The first-order chi connectivity index (χ1) is 12.5. The standard InChI is InChI=1S/C21H24N4S/c1-15(2)13-17-9-11-19(12-10-17)16(3)20-23-24-21(26)25(20)22-14-18-7-5-4-6-8-18/h4-12,14-16H,13H2,1-3H3,(H,24,26). The third kappa shape index (κ3) is 4.35. The van der Waals surface area contributed by atoms with Gasteiger partial charge in [-0.05, 0) is 41.2 Å². The Bertz CT molecular complexity index is 921. The zero-order valence-corrected chi connectivity index (χ0v) is 16.2. The van der Waals surface area contributed by atoms with Crippen LogP contribution in [0.2, 0.25) is 0 Å². The number of nitrogens with zero attached hydrogens (tertiary/aromatic N) is 3. The SMILES string of the molecule is CC(C)Cc1ccc(C(C)c2n[nH]c(=S)n2N=Cc2ccccc2)cc1. The maximum atomic E-state index is 5.36. The molecular formula is C21H24N4S. The van der Waals surface area contributed by atoms with Gasteiger partial charge in [0.15, 0.2) is 5.82 Å². The highest BCUT2D eigenvalue weighted by Gasteiger charge is 2.16. The fourth-order valence-corrected chi connectivity index (χ4v) is 3.11. The molecule has 134 valence electrons. The number of hydrogen-bond acceptors (Lipinski definition) is 3. The van der Waals surface area contributed by atoms with Gasteiger partial charge in [0.1, 0.15) is 0 Å². The van der Waals surface area contributed by atoms with Crippen LogP contribution in [0.3, 0.4) is 0 Å². The average Bonchev–Trinajstić information content (AvgIpc) is 3.01. The summed E-state index contributed by atoms with van der Waals surface area (Å²) in [4.78, 5) is 0. The minimum atomic E-state index is 0.0870. The molecular weight excluding hydrogens is 340 g/mol. The van der Waals surface area contributed by atoms with Crippen molar-refractivity contribution in [3.63, 3.8) is 0 Å². The Labute approximate surface area is 159 Å². The fraction of sp³-hybridized carbons (Fsp3) is 0.286. The molecule has 0 fully saturated rings. The van der Waals surface area contributed by atoms with E-state index < -0.39 is 0 Å². The minimum absolute atomic E-state index is 0.0870. The molecule has 2 aromatic carbocycles. The van der Waals surface area contributed by atoms with Gasteiger partial charge in [-0.2, -0.15) is 14.9 Å². The Kier molecular flexibility index (Phi) is 5.78. The van der Waals surface area contributed by atoms with Crippen LogP contribution in [0, 0.1) is 10.7 Å². The monoisotopic (exact) mass is 364 g/mol. The van der Waals surface area contributed by atoms with Crippen LogP contribution < -0.4 is 0 Å². The molecule has 0 radical (unpaired) electrons. The van der Waals surface area contributed by atoms with Crippen LogP contribution in [-0.4, -0.2) is 21.1 Å². The number of H-pyrrole nitrogens is 1. The van der Waals surface area contributed by atoms with Crippen molar-refractivity contribution in [3.8, 4) is 0 Å². The van der Waals surface area contributed by atoms with Crippen molar-refractivity contribution < 1.29 is 0 Å². The lowest BCUT2D eigenvalue weighted by Crippen LogP contribution is -2.05. The second kappa shape index (κ2) is 8.23. The second-order valence-corrected chi connectivity index (χ2v) is 7.30. The zero-order chi connectivity index (χ0) is 18.5. The maximum Gasteiger partial charge on any atom is 0.216 e. The number of aromatic nitrogens is 3. The quantitative estimate of drug-likeness (QED) is 0.484. The smallest absolute Gasteiger partial charge is 0.216 e. The van der Waals surface area contributed by atoms with Gasteiger partial charge in [0.25, 0.3) is 0 Å². The number of benzene rings is 2. The lowest BCUT2D eigenvalue weighted by atomic mass is 9.96. The lowest BCUT2D eigenvalue weighted by Gasteiger charge is -2.12. The summed E-state index contributed by atoms with van der Waals surface area (Å²) in [5, 5.41) is 11.8. The van der Waals surface area contributed by atoms with E-state index in [0.29, 0.717) is 10.7 Å². The molecule has 1 N–H and O–H groups in total. The average molecular weight is 365 g/mol. The van der Waals surface area contributed by atoms with Gasteiger partial charge in [-0.15, -0.1) is 0 Å². The van der Waals surface area contributed by atoms with Gasteiger partial charge in [-0.3, -0.25) is 5.10 Å². The summed E-state index contributed by atoms with van der Waals surface area (Å²) < 4.78 is 2.20. The zero-order valence-electron chi connectivity index (χ0n) is 15.4. The second-order valence-electron chi connectivity index (χ2n) is 6.92. The van der Waals surface area contributed by atoms with Crippen molar-refractivity contribution in [2.45, 2.75) is 33.1 Å². The third-order valence-corrected chi connectivity index (χ3v) is 4.57. The number of nitrogens with one attached hydrogen (secondary N) is 1. The van der Waals surface area contributed by atoms with Gasteiger partial charge in [-0.1, -0.05) is 75.4 Å². The number of rotatable bonds is 6. The summed E-state index contributed by atoms with van der Waals surface area (Å²) in [6.07, 6.45) is 2.89. The van der Waals surface area contributed by atoms with E-state index in [0.717, 1.165) is 17.8 Å². The van der Waals surface area contributed by atoms with E-state index >= 15 is 0 Å². The lowest BCUT2D eigenvalue weighted by molar-refractivity contribution is 0.646. The molecule has 26 heavy (non-hydrogen) atoms. The summed E-state index contributed by atoms with van der Waals surface area (Å²) in [6.45, 7) is 6.59. The van der Waals surface area contributed by atoms with E-state index in [1.165, 1.54) is 11.1 Å². The Morgan fingerprint density at radius 3 is 2.42 bits per heavy atom. The summed E-state index contributed by atoms with van der Waals surface area (Å²) in [7, 11) is 0. The molecule has 0 amide bonds. The summed E-state index contributed by atoms with van der Waals surface area (Å²) in [5.41, 5.74) is 3.58. The van der Waals surface area contributed by atoms with E-state index in [9.17, 15) is 0 Å². The van der Waals surface area contributed by atoms with Gasteiger partial charge in [0, 0.05) is 5.92 Å². The van der Waals surface area contributed by atoms with Crippen LogP contribution in [0.15, 0.2) is 59.7 Å². The van der Waals surface area contributed by atoms with Crippen molar-refractivity contribution in [2.75, 3.05) is 0 Å². The Morgan fingerprint density at radius 1 is 1.08 bits per heavy atom. The molecule has 1 aromatic heterocycles. The van der Waals surface area contributed by atoms with Crippen molar-refractivity contribution in [2.24, 2.45) is 11.0 Å². The topological polar surface area (TPSA) is 46.0 Å². The first kappa shape index (κ1) is 18.3. The molecule has 0 saturated heterocycles. The summed E-state index contributed by atoms with van der Waals surface area (Å²) >= 11 is 5.36. The molecule has 4 nitrogen and oxygen atoms in total. The highest BCUT2D eigenvalue weighted by molar-refractivity contribution is 7.71. The molecule has 0 bridgehead atoms. The van der Waals surface area contributed by atoms with E-state index in [-0.39, 0.29) is 5.92 Å². The van der Waals surface area contributed by atoms with Crippen molar-refractivity contribution in [1.29, 1.82) is 0 Å². The first-order valence-corrected chi connectivity index (χ1v) is 9.31. The fourth-order valence-electron chi connectivity index (χ4n) is 2.92. The third-order valence-electron chi connectivity index (χ3n) is 4.31. The molecule has 0 aliphatic heterocycles. The molecule has 1 unspecified atom stereocenters. The van der Waals surface area contributed by atoms with Crippen LogP contribution in [0.4, 0.5) is 0 Å². The van der Waals surface area contributed by atoms with Gasteiger partial charge >= 0.3 is 0 Å². The predicted molar refractivity (Wildman–Crippen MR) is 109 cm³/mol. The molecule has 3 rings (SSSR count). The molecule has 0 aliphatic carbocycles. The van der Waals surface area contributed by atoms with Crippen LogP contribution >= 0.6 is 12.2 Å². The molecule has 5 heteroatoms. The van der Waals surface area contributed by atoms with Gasteiger partial charge < -0.3 is 0 Å². The largest absolute Gasteiger partial charge is 0.250 e. The normalized spacial score (nSPS) is 12.8. The Morgan fingerprint density at radius 2 is 1.77 bits per heavy atom. The van der Waals surface area contributed by atoms with Gasteiger partial charge in [0.2, 0.25) is 4.77 Å². The molecule has 0 saturated carbocycles. The highest BCUT2D eigenvalue weighted by Crippen LogP contribution is 2.23. The van der Waals surface area contributed by atoms with Crippen LogP contribution in [0.25, 0.3) is 0 Å². The van der Waals surface area contributed by atoms with Crippen molar-refractivity contribution in [1.82, 2.24) is 14.9 Å². The predicted octanol–water partition coefficient (Wildman–Crippen LogP) is 5.17. The molecule has 0 aliphatic rings. The molecule has 1 heterocycles. The maximum absolute atomic E-state index is 5.36. The Balaban J connectivity index is 1.85. The Hall–Kier alpha value is -2.53. The minimum Gasteiger partial charge on any atom is -0.250 e. The van der Waals surface area contributed by atoms with Crippen molar-refractivity contribution in [3.05, 3.63) is 81.9 Å². The first-order valence-electron chi connectivity index (χ1n) is 8.90. The van der Waals surface area contributed by atoms with Crippen molar-refractivity contribution >= 4 is 18.4 Å². The van der Waals surface area contributed by atoms with Gasteiger partial charge in [-0.25, -0.2) is 0 Å². The summed E-state index contributed by atoms with van der Waals surface area (Å²) in [6, 6.07) is 18.7. The van der Waals surface area contributed by atoms with E-state index in [1.54, 1.807) is 10.9 Å².